The van der Waals surface area contributed by atoms with Crippen LogP contribution in [0.2, 0.25) is 10.0 Å². The Balaban J connectivity index is 2.28. The second-order valence-electron chi connectivity index (χ2n) is 3.57. The first kappa shape index (κ1) is 13.4. The van der Waals surface area contributed by atoms with Crippen molar-refractivity contribution in [1.82, 2.24) is 9.97 Å². The maximum atomic E-state index is 11.9. The molecule has 0 aliphatic carbocycles. The fraction of sp³-hybridized carbons (Fsp3) is 0. The van der Waals surface area contributed by atoms with E-state index in [1.165, 1.54) is 18.2 Å². The lowest BCUT2D eigenvalue weighted by atomic mass is 10.2. The number of benzene rings is 1. The van der Waals surface area contributed by atoms with E-state index in [0.29, 0.717) is 5.02 Å². The van der Waals surface area contributed by atoms with Crippen molar-refractivity contribution in [2.24, 2.45) is 0 Å². The number of rotatable bonds is 2. The number of halogens is 2. The molecule has 0 aliphatic rings. The fourth-order valence-corrected chi connectivity index (χ4v) is 1.63. The van der Waals surface area contributed by atoms with Crippen LogP contribution in [-0.2, 0) is 0 Å². The van der Waals surface area contributed by atoms with Gasteiger partial charge in [-0.2, -0.15) is 0 Å². The highest BCUT2D eigenvalue weighted by Crippen LogP contribution is 2.22. The van der Waals surface area contributed by atoms with Gasteiger partial charge in [0.1, 0.15) is 5.69 Å². The van der Waals surface area contributed by atoms with Crippen molar-refractivity contribution in [2.45, 2.75) is 0 Å². The van der Waals surface area contributed by atoms with Crippen LogP contribution >= 0.6 is 23.2 Å². The predicted octanol–water partition coefficient (Wildman–Crippen LogP) is 1.62. The van der Waals surface area contributed by atoms with Crippen LogP contribution in [0.3, 0.4) is 0 Å². The first-order valence-electron chi connectivity index (χ1n) is 5.06. The van der Waals surface area contributed by atoms with Crippen LogP contribution in [-0.4, -0.2) is 15.9 Å². The highest BCUT2D eigenvalue weighted by Gasteiger charge is 2.10. The highest BCUT2D eigenvalue weighted by atomic mass is 35.5. The number of hydrogen-bond acceptors (Lipinski definition) is 3. The van der Waals surface area contributed by atoms with Crippen LogP contribution in [0.4, 0.5) is 5.69 Å². The summed E-state index contributed by atoms with van der Waals surface area (Å²) in [6, 6.07) is 4.30. The van der Waals surface area contributed by atoms with Gasteiger partial charge in [0.25, 0.3) is 11.5 Å². The molecule has 0 aliphatic heterocycles. The summed E-state index contributed by atoms with van der Waals surface area (Å²) in [5.74, 6) is -0.545. The Morgan fingerprint density at radius 1 is 1.16 bits per heavy atom. The normalized spacial score (nSPS) is 10.2. The number of nitrogens with one attached hydrogen (secondary N) is 3. The van der Waals surface area contributed by atoms with E-state index in [0.717, 1.165) is 6.20 Å². The van der Waals surface area contributed by atoms with Gasteiger partial charge in [-0.25, -0.2) is 4.79 Å². The quantitative estimate of drug-likeness (QED) is 0.786. The number of carbonyl (C=O) groups excluding carboxylic acids is 1. The first-order valence-corrected chi connectivity index (χ1v) is 5.81. The lowest BCUT2D eigenvalue weighted by molar-refractivity contribution is 0.102. The van der Waals surface area contributed by atoms with E-state index in [-0.39, 0.29) is 16.3 Å². The van der Waals surface area contributed by atoms with Crippen molar-refractivity contribution < 1.29 is 4.79 Å². The third kappa shape index (κ3) is 3.04. The molecule has 98 valence electrons. The molecule has 0 atom stereocenters. The molecule has 8 heteroatoms. The largest absolute Gasteiger partial charge is 0.325 e. The lowest BCUT2D eigenvalue weighted by Gasteiger charge is -2.04. The summed E-state index contributed by atoms with van der Waals surface area (Å²) in [7, 11) is 0. The Kier molecular flexibility index (Phi) is 3.73. The van der Waals surface area contributed by atoms with Crippen molar-refractivity contribution in [3.05, 3.63) is 60.8 Å². The van der Waals surface area contributed by atoms with Crippen molar-refractivity contribution in [3.8, 4) is 0 Å². The Morgan fingerprint density at radius 3 is 2.53 bits per heavy atom. The molecule has 0 fully saturated rings. The maximum Gasteiger partial charge on any atom is 0.325 e. The van der Waals surface area contributed by atoms with Crippen molar-refractivity contribution in [3.63, 3.8) is 0 Å². The van der Waals surface area contributed by atoms with Crippen LogP contribution in [0.1, 0.15) is 10.4 Å². The second kappa shape index (κ2) is 5.29. The van der Waals surface area contributed by atoms with Gasteiger partial charge in [0, 0.05) is 11.8 Å². The number of amides is 1. The molecule has 0 spiro atoms. The minimum absolute atomic E-state index is 0.0735. The van der Waals surface area contributed by atoms with E-state index < -0.39 is 17.2 Å². The van der Waals surface area contributed by atoms with E-state index in [2.05, 4.69) is 10.3 Å². The summed E-state index contributed by atoms with van der Waals surface area (Å²) in [5.41, 5.74) is -1.19. The van der Waals surface area contributed by atoms with Gasteiger partial charge in [-0.15, -0.1) is 0 Å². The molecule has 1 heterocycles. The van der Waals surface area contributed by atoms with Gasteiger partial charge in [-0.1, -0.05) is 23.2 Å². The monoisotopic (exact) mass is 299 g/mol. The van der Waals surface area contributed by atoms with Gasteiger partial charge in [0.05, 0.1) is 10.0 Å². The zero-order valence-electron chi connectivity index (χ0n) is 9.29. The summed E-state index contributed by atoms with van der Waals surface area (Å²) < 4.78 is 0. The minimum atomic E-state index is -0.697. The van der Waals surface area contributed by atoms with Gasteiger partial charge in [-0.05, 0) is 18.2 Å². The fourth-order valence-electron chi connectivity index (χ4n) is 1.33. The Labute approximate surface area is 116 Å². The smallest absolute Gasteiger partial charge is 0.316 e. The third-order valence-electron chi connectivity index (χ3n) is 2.25. The zero-order chi connectivity index (χ0) is 14.0. The van der Waals surface area contributed by atoms with Gasteiger partial charge >= 0.3 is 5.69 Å². The highest BCUT2D eigenvalue weighted by molar-refractivity contribution is 6.42. The number of anilines is 1. The van der Waals surface area contributed by atoms with Crippen molar-refractivity contribution in [2.75, 3.05) is 5.32 Å². The molecule has 0 radical (unpaired) electrons. The summed E-state index contributed by atoms with van der Waals surface area (Å²) in [6.45, 7) is 0. The zero-order valence-corrected chi connectivity index (χ0v) is 10.8. The van der Waals surface area contributed by atoms with Crippen LogP contribution in [0.25, 0.3) is 0 Å². The molecule has 2 aromatic rings. The molecule has 6 nitrogen and oxygen atoms in total. The average molecular weight is 300 g/mol. The number of hydrogen-bond donors (Lipinski definition) is 3. The van der Waals surface area contributed by atoms with E-state index in [4.69, 9.17) is 23.2 Å². The standard InChI is InChI=1S/C11H7Cl2N3O3/c12-6-2-1-5(3-7(6)13)9(17)15-8-4-14-11(19)16-10(8)18/h1-4H,(H,15,17)(H2,14,16,18,19). The molecular weight excluding hydrogens is 293 g/mol. The van der Waals surface area contributed by atoms with Gasteiger partial charge in [0.2, 0.25) is 0 Å². The lowest BCUT2D eigenvalue weighted by Crippen LogP contribution is -2.26. The molecule has 0 bridgehead atoms. The van der Waals surface area contributed by atoms with Gasteiger partial charge < -0.3 is 10.3 Å². The number of aromatic amines is 2. The SMILES string of the molecule is O=C(Nc1c[nH]c(=O)[nH]c1=O)c1ccc(Cl)c(Cl)c1. The molecular formula is C11H7Cl2N3O3. The molecule has 0 unspecified atom stereocenters. The molecule has 1 amide bonds. The van der Waals surface area contributed by atoms with Crippen LogP contribution in [0, 0.1) is 0 Å². The Morgan fingerprint density at radius 2 is 1.89 bits per heavy atom. The topological polar surface area (TPSA) is 94.8 Å². The number of H-pyrrole nitrogens is 2. The molecule has 19 heavy (non-hydrogen) atoms. The number of carbonyl (C=O) groups is 1. The molecule has 3 N–H and O–H groups in total. The summed E-state index contributed by atoms with van der Waals surface area (Å²) in [5, 5.41) is 2.89. The van der Waals surface area contributed by atoms with Crippen molar-refractivity contribution in [1.29, 1.82) is 0 Å². The summed E-state index contributed by atoms with van der Waals surface area (Å²) in [4.78, 5) is 38.3. The third-order valence-corrected chi connectivity index (χ3v) is 2.99. The Hall–Kier alpha value is -2.05. The number of aromatic nitrogens is 2. The molecule has 0 saturated carbocycles. The van der Waals surface area contributed by atoms with E-state index in [9.17, 15) is 14.4 Å². The molecule has 0 saturated heterocycles. The summed E-state index contributed by atoms with van der Waals surface area (Å²) in [6.07, 6.45) is 1.11. The molecule has 2 rings (SSSR count). The Bertz CT molecular complexity index is 751. The van der Waals surface area contributed by atoms with Crippen LogP contribution in [0.15, 0.2) is 34.0 Å². The van der Waals surface area contributed by atoms with E-state index >= 15 is 0 Å². The average Bonchev–Trinajstić information content (AvgIpc) is 2.36. The summed E-state index contributed by atoms with van der Waals surface area (Å²) >= 11 is 11.5. The first-order chi connectivity index (χ1) is 8.97. The van der Waals surface area contributed by atoms with Crippen molar-refractivity contribution >= 4 is 34.8 Å². The van der Waals surface area contributed by atoms with Crippen LogP contribution < -0.4 is 16.6 Å². The molecule has 1 aromatic carbocycles. The predicted molar refractivity (Wildman–Crippen MR) is 72.1 cm³/mol. The minimum Gasteiger partial charge on any atom is -0.316 e. The maximum absolute atomic E-state index is 11.9. The van der Waals surface area contributed by atoms with Gasteiger partial charge in [0.15, 0.2) is 0 Å². The second-order valence-corrected chi connectivity index (χ2v) is 4.38. The van der Waals surface area contributed by atoms with Crippen LogP contribution in [0.5, 0.6) is 0 Å². The van der Waals surface area contributed by atoms with E-state index in [1.54, 1.807) is 0 Å². The van der Waals surface area contributed by atoms with E-state index in [1.807, 2.05) is 4.98 Å². The molecule has 1 aromatic heterocycles. The van der Waals surface area contributed by atoms with Gasteiger partial charge in [-0.3, -0.25) is 14.6 Å².